The third kappa shape index (κ3) is 6.36. The van der Waals surface area contributed by atoms with Crippen molar-refractivity contribution in [2.75, 3.05) is 13.1 Å². The van der Waals surface area contributed by atoms with Crippen LogP contribution in [0.1, 0.15) is 49.8 Å². The minimum absolute atomic E-state index is 0.0511. The van der Waals surface area contributed by atoms with Crippen LogP contribution in [0.3, 0.4) is 0 Å². The lowest BCUT2D eigenvalue weighted by Gasteiger charge is -2.44. The van der Waals surface area contributed by atoms with Crippen LogP contribution in [0.25, 0.3) is 0 Å². The minimum Gasteiger partial charge on any atom is -0.351 e. The summed E-state index contributed by atoms with van der Waals surface area (Å²) in [7, 11) is 0. The molecule has 0 saturated carbocycles. The summed E-state index contributed by atoms with van der Waals surface area (Å²) in [5.41, 5.74) is 1.64. The van der Waals surface area contributed by atoms with E-state index < -0.39 is 11.8 Å². The van der Waals surface area contributed by atoms with E-state index in [1.807, 2.05) is 23.1 Å². The lowest BCUT2D eigenvalue weighted by molar-refractivity contribution is -0.148. The van der Waals surface area contributed by atoms with Crippen molar-refractivity contribution in [2.24, 2.45) is 5.92 Å². The van der Waals surface area contributed by atoms with E-state index in [0.717, 1.165) is 17.5 Å². The zero-order valence-electron chi connectivity index (χ0n) is 21.0. The Morgan fingerprint density at radius 3 is 2.62 bits per heavy atom. The predicted molar refractivity (Wildman–Crippen MR) is 141 cm³/mol. The summed E-state index contributed by atoms with van der Waals surface area (Å²) in [5.74, 6) is 0.405. The Hall–Kier alpha value is -2.83. The summed E-state index contributed by atoms with van der Waals surface area (Å²) < 4.78 is 0. The zero-order valence-corrected chi connectivity index (χ0v) is 22.5. The Morgan fingerprint density at radius 2 is 1.95 bits per heavy atom. The fourth-order valence-corrected chi connectivity index (χ4v) is 5.32. The number of nitrogens with zero attached hydrogens (tertiary/aromatic N) is 3. The van der Waals surface area contributed by atoms with Gasteiger partial charge in [-0.2, -0.15) is 5.26 Å². The van der Waals surface area contributed by atoms with E-state index in [0.29, 0.717) is 54.0 Å². The molecule has 196 valence electrons. The molecule has 2 N–H and O–H groups in total. The van der Waals surface area contributed by atoms with E-state index in [-0.39, 0.29) is 18.5 Å². The van der Waals surface area contributed by atoms with Gasteiger partial charge in [-0.05, 0) is 41.7 Å². The van der Waals surface area contributed by atoms with Crippen molar-refractivity contribution in [3.8, 4) is 6.07 Å². The van der Waals surface area contributed by atoms with Gasteiger partial charge in [-0.25, -0.2) is 4.79 Å². The molecule has 2 aromatic carbocycles. The first-order chi connectivity index (χ1) is 17.7. The van der Waals surface area contributed by atoms with Crippen LogP contribution in [0.4, 0.5) is 4.79 Å². The Morgan fingerprint density at radius 1 is 1.22 bits per heavy atom. The number of amides is 2. The highest BCUT2D eigenvalue weighted by Crippen LogP contribution is 2.35. The third-order valence-electron chi connectivity index (χ3n) is 6.88. The normalized spacial score (nSPS) is 19.3. The summed E-state index contributed by atoms with van der Waals surface area (Å²) in [5, 5.41) is 18.4. The highest BCUT2D eigenvalue weighted by atomic mass is 35.5. The van der Waals surface area contributed by atoms with Gasteiger partial charge in [-0.1, -0.05) is 61.3 Å². The van der Waals surface area contributed by atoms with Crippen LogP contribution in [-0.2, 0) is 22.7 Å². The van der Waals surface area contributed by atoms with E-state index in [1.165, 1.54) is 0 Å². The van der Waals surface area contributed by atoms with E-state index >= 15 is 0 Å². The lowest BCUT2D eigenvalue weighted by atomic mass is 9.95. The standard InChI is InChI=1S/C27H31Cl2N5O3/c1-18(2)13-24-25(35)34(17-21-6-4-3-5-20(21)15-30)27(32-24)9-11-33(12-10-27)37-26(36)31-16-19-7-8-22(28)23(29)14-19/h3-8,14,18,24,32H,9-13,16-17H2,1-2H3,(H,31,36). The molecule has 0 bridgehead atoms. The van der Waals surface area contributed by atoms with Crippen molar-refractivity contribution in [3.63, 3.8) is 0 Å². The molecule has 1 spiro atoms. The van der Waals surface area contributed by atoms with Crippen molar-refractivity contribution in [3.05, 3.63) is 69.2 Å². The number of hydrogen-bond acceptors (Lipinski definition) is 6. The van der Waals surface area contributed by atoms with Crippen molar-refractivity contribution < 1.29 is 14.4 Å². The van der Waals surface area contributed by atoms with Gasteiger partial charge in [-0.3, -0.25) is 10.1 Å². The van der Waals surface area contributed by atoms with Crippen LogP contribution in [0.2, 0.25) is 10.0 Å². The smallest absolute Gasteiger partial charge is 0.351 e. The van der Waals surface area contributed by atoms with Gasteiger partial charge in [0.25, 0.3) is 0 Å². The number of carbonyl (C=O) groups excluding carboxylic acids is 2. The molecule has 2 saturated heterocycles. The fourth-order valence-electron chi connectivity index (χ4n) is 5.00. The van der Waals surface area contributed by atoms with Crippen LogP contribution in [0, 0.1) is 17.2 Å². The van der Waals surface area contributed by atoms with Gasteiger partial charge >= 0.3 is 6.09 Å². The highest BCUT2D eigenvalue weighted by Gasteiger charge is 2.51. The number of carbonyl (C=O) groups is 2. The number of nitriles is 1. The van der Waals surface area contributed by atoms with Crippen molar-refractivity contribution in [1.82, 2.24) is 20.6 Å². The maximum Gasteiger partial charge on any atom is 0.426 e. The summed E-state index contributed by atoms with van der Waals surface area (Å²) in [6.45, 7) is 5.74. The molecular formula is C27H31Cl2N5O3. The molecular weight excluding hydrogens is 513 g/mol. The molecule has 0 aromatic heterocycles. The minimum atomic E-state index is -0.560. The topological polar surface area (TPSA) is 97.7 Å². The van der Waals surface area contributed by atoms with Gasteiger partial charge in [0.2, 0.25) is 5.91 Å². The van der Waals surface area contributed by atoms with Crippen LogP contribution >= 0.6 is 23.2 Å². The van der Waals surface area contributed by atoms with E-state index in [9.17, 15) is 14.9 Å². The second-order valence-electron chi connectivity index (χ2n) is 9.96. The average molecular weight is 544 g/mol. The second-order valence-corrected chi connectivity index (χ2v) is 10.8. The molecule has 2 amide bonds. The van der Waals surface area contributed by atoms with Gasteiger partial charge in [0.05, 0.1) is 33.4 Å². The van der Waals surface area contributed by atoms with Crippen LogP contribution in [-0.4, -0.2) is 46.8 Å². The molecule has 10 heteroatoms. The molecule has 0 radical (unpaired) electrons. The van der Waals surface area contributed by atoms with Gasteiger partial charge in [0.15, 0.2) is 0 Å². The molecule has 2 fully saturated rings. The molecule has 37 heavy (non-hydrogen) atoms. The summed E-state index contributed by atoms with van der Waals surface area (Å²) in [6.07, 6.45) is 1.34. The van der Waals surface area contributed by atoms with Gasteiger partial charge in [0, 0.05) is 39.0 Å². The Labute approximate surface area is 227 Å². The number of halogens is 2. The van der Waals surface area contributed by atoms with Crippen molar-refractivity contribution in [2.45, 2.75) is 57.9 Å². The molecule has 1 unspecified atom stereocenters. The molecule has 4 rings (SSSR count). The molecule has 8 nitrogen and oxygen atoms in total. The van der Waals surface area contributed by atoms with E-state index in [1.54, 1.807) is 29.3 Å². The Bertz CT molecular complexity index is 1190. The van der Waals surface area contributed by atoms with Crippen molar-refractivity contribution >= 4 is 35.2 Å². The maximum absolute atomic E-state index is 13.5. The lowest BCUT2D eigenvalue weighted by Crippen LogP contribution is -2.59. The summed E-state index contributed by atoms with van der Waals surface area (Å²) >= 11 is 12.0. The number of hydrogen-bond donors (Lipinski definition) is 2. The van der Waals surface area contributed by atoms with Crippen LogP contribution in [0.5, 0.6) is 0 Å². The monoisotopic (exact) mass is 543 g/mol. The van der Waals surface area contributed by atoms with Crippen molar-refractivity contribution in [1.29, 1.82) is 5.26 Å². The number of nitrogens with one attached hydrogen (secondary N) is 2. The highest BCUT2D eigenvalue weighted by molar-refractivity contribution is 6.42. The van der Waals surface area contributed by atoms with E-state index in [4.69, 9.17) is 28.0 Å². The van der Waals surface area contributed by atoms with E-state index in [2.05, 4.69) is 30.6 Å². The fraction of sp³-hybridized carbons (Fsp3) is 0.444. The molecule has 2 heterocycles. The quantitative estimate of drug-likeness (QED) is 0.518. The van der Waals surface area contributed by atoms with Gasteiger partial charge in [-0.15, -0.1) is 5.06 Å². The number of hydroxylamine groups is 2. The van der Waals surface area contributed by atoms with Gasteiger partial charge in [0.1, 0.15) is 0 Å². The largest absolute Gasteiger partial charge is 0.426 e. The zero-order chi connectivity index (χ0) is 26.6. The predicted octanol–water partition coefficient (Wildman–Crippen LogP) is 4.85. The average Bonchev–Trinajstić information content (AvgIpc) is 3.11. The Kier molecular flexibility index (Phi) is 8.60. The number of piperidine rings is 1. The third-order valence-corrected chi connectivity index (χ3v) is 7.62. The molecule has 1 atom stereocenters. The Balaban J connectivity index is 1.40. The summed E-state index contributed by atoms with van der Waals surface area (Å²) in [6, 6.07) is 14.5. The molecule has 2 aliphatic heterocycles. The van der Waals surface area contributed by atoms with Crippen LogP contribution in [0.15, 0.2) is 42.5 Å². The SMILES string of the molecule is CC(C)CC1NC2(CCN(OC(=O)NCc3ccc(Cl)c(Cl)c3)CC2)N(Cc2ccccc2C#N)C1=O. The molecule has 2 aromatic rings. The van der Waals surface area contributed by atoms with Crippen LogP contribution < -0.4 is 10.6 Å². The first-order valence-corrected chi connectivity index (χ1v) is 13.2. The number of benzene rings is 2. The van der Waals surface area contributed by atoms with Gasteiger partial charge < -0.3 is 15.1 Å². The first-order valence-electron chi connectivity index (χ1n) is 12.4. The molecule has 2 aliphatic rings. The molecule has 0 aliphatic carbocycles. The maximum atomic E-state index is 13.5. The number of rotatable bonds is 7. The second kappa shape index (κ2) is 11.7. The first kappa shape index (κ1) is 27.2. The summed E-state index contributed by atoms with van der Waals surface area (Å²) in [4.78, 5) is 33.3.